The van der Waals surface area contributed by atoms with Crippen LogP contribution in [0.15, 0.2) is 12.5 Å². The summed E-state index contributed by atoms with van der Waals surface area (Å²) in [6.45, 7) is 1.96. The lowest BCUT2D eigenvalue weighted by Crippen LogP contribution is -2.57. The number of aromatic nitrogens is 2. The summed E-state index contributed by atoms with van der Waals surface area (Å²) < 4.78 is 0. The van der Waals surface area contributed by atoms with Gasteiger partial charge in [0.25, 0.3) is 0 Å². The highest BCUT2D eigenvalue weighted by Gasteiger charge is 2.34. The minimum atomic E-state index is -1.07. The fraction of sp³-hybridized carbons (Fsp3) is 0.583. The van der Waals surface area contributed by atoms with Crippen molar-refractivity contribution in [3.63, 3.8) is 0 Å². The summed E-state index contributed by atoms with van der Waals surface area (Å²) in [4.78, 5) is 29.6. The molecule has 7 heteroatoms. The number of nitrogens with one attached hydrogen (secondary N) is 3. The Labute approximate surface area is 110 Å². The highest BCUT2D eigenvalue weighted by atomic mass is 16.4. The molecule has 0 aromatic carbocycles. The molecule has 7 nitrogen and oxygen atoms in total. The number of aliphatic carboxylic acids is 1. The summed E-state index contributed by atoms with van der Waals surface area (Å²) in [5.41, 5.74) is 0.476. The maximum Gasteiger partial charge on any atom is 0.326 e. The average Bonchev–Trinajstić information content (AvgIpc) is 2.78. The molecule has 104 valence electrons. The minimum Gasteiger partial charge on any atom is -0.480 e. The van der Waals surface area contributed by atoms with Crippen molar-refractivity contribution in [1.82, 2.24) is 20.6 Å². The molecule has 2 amide bonds. The Morgan fingerprint density at radius 1 is 1.58 bits per heavy atom. The molecule has 1 saturated carbocycles. The molecule has 0 saturated heterocycles. The molecule has 2 rings (SSSR count). The number of nitrogens with zero attached hydrogens (tertiary/aromatic N) is 1. The third kappa shape index (κ3) is 3.46. The number of carboxylic acids is 1. The number of aromatic amines is 1. The van der Waals surface area contributed by atoms with Gasteiger partial charge in [-0.2, -0.15) is 0 Å². The van der Waals surface area contributed by atoms with Crippen LogP contribution in [0.5, 0.6) is 0 Å². The monoisotopic (exact) mass is 266 g/mol. The lowest BCUT2D eigenvalue weighted by molar-refractivity contribution is -0.139. The molecule has 1 aromatic heterocycles. The molecule has 0 radical (unpaired) electrons. The topological polar surface area (TPSA) is 107 Å². The van der Waals surface area contributed by atoms with Gasteiger partial charge in [-0.15, -0.1) is 0 Å². The number of imidazole rings is 1. The van der Waals surface area contributed by atoms with Crippen LogP contribution in [0.4, 0.5) is 4.79 Å². The molecule has 4 N–H and O–H groups in total. The lowest BCUT2D eigenvalue weighted by atomic mass is 9.79. The molecule has 1 heterocycles. The van der Waals surface area contributed by atoms with Crippen LogP contribution >= 0.6 is 0 Å². The van der Waals surface area contributed by atoms with E-state index in [1.807, 2.05) is 6.92 Å². The van der Waals surface area contributed by atoms with E-state index >= 15 is 0 Å². The average molecular weight is 266 g/mol. The van der Waals surface area contributed by atoms with Gasteiger partial charge in [-0.25, -0.2) is 14.6 Å². The third-order valence-electron chi connectivity index (χ3n) is 3.45. The fourth-order valence-electron chi connectivity index (χ4n) is 2.12. The maximum atomic E-state index is 11.8. The van der Waals surface area contributed by atoms with Gasteiger partial charge < -0.3 is 20.7 Å². The van der Waals surface area contributed by atoms with Crippen LogP contribution in [0.2, 0.25) is 0 Å². The fourth-order valence-corrected chi connectivity index (χ4v) is 2.12. The summed E-state index contributed by atoms with van der Waals surface area (Å²) in [5.74, 6) is -1.07. The predicted octanol–water partition coefficient (Wildman–Crippen LogP) is 0.647. The Bertz CT molecular complexity index is 454. The van der Waals surface area contributed by atoms with Gasteiger partial charge in [-0.1, -0.05) is 0 Å². The van der Waals surface area contributed by atoms with E-state index in [0.29, 0.717) is 5.69 Å². The number of carbonyl (C=O) groups is 2. The first-order valence-electron chi connectivity index (χ1n) is 6.27. The highest BCUT2D eigenvalue weighted by molar-refractivity contribution is 5.83. The van der Waals surface area contributed by atoms with Gasteiger partial charge in [-0.05, 0) is 26.2 Å². The van der Waals surface area contributed by atoms with Crippen LogP contribution in [0, 0.1) is 0 Å². The zero-order valence-electron chi connectivity index (χ0n) is 10.8. The third-order valence-corrected chi connectivity index (χ3v) is 3.45. The predicted molar refractivity (Wildman–Crippen MR) is 67.6 cm³/mol. The second-order valence-corrected chi connectivity index (χ2v) is 5.18. The molecule has 0 spiro atoms. The largest absolute Gasteiger partial charge is 0.480 e. The first kappa shape index (κ1) is 13.4. The summed E-state index contributed by atoms with van der Waals surface area (Å²) in [6.07, 6.45) is 6.15. The highest BCUT2D eigenvalue weighted by Crippen LogP contribution is 2.30. The van der Waals surface area contributed by atoms with E-state index in [-0.39, 0.29) is 12.0 Å². The Hall–Kier alpha value is -2.05. The van der Waals surface area contributed by atoms with E-state index in [2.05, 4.69) is 20.6 Å². The number of carbonyl (C=O) groups excluding carboxylic acids is 1. The summed E-state index contributed by atoms with van der Waals surface area (Å²) in [7, 11) is 0. The van der Waals surface area contributed by atoms with Crippen LogP contribution in [-0.2, 0) is 11.2 Å². The zero-order valence-corrected chi connectivity index (χ0v) is 10.8. The smallest absolute Gasteiger partial charge is 0.326 e. The van der Waals surface area contributed by atoms with Crippen molar-refractivity contribution in [1.29, 1.82) is 0 Å². The van der Waals surface area contributed by atoms with Crippen molar-refractivity contribution < 1.29 is 14.7 Å². The van der Waals surface area contributed by atoms with E-state index in [1.54, 1.807) is 6.20 Å². The van der Waals surface area contributed by atoms with Gasteiger partial charge in [0.15, 0.2) is 0 Å². The van der Waals surface area contributed by atoms with E-state index < -0.39 is 18.0 Å². The zero-order chi connectivity index (χ0) is 13.9. The molecule has 19 heavy (non-hydrogen) atoms. The summed E-state index contributed by atoms with van der Waals surface area (Å²) in [6, 6.07) is -1.40. The molecular formula is C12H18N4O3. The van der Waals surface area contributed by atoms with Crippen LogP contribution < -0.4 is 10.6 Å². The SMILES string of the molecule is CC1(NC(=O)NC(Cc2cnc[nH]2)C(=O)O)CCC1. The minimum absolute atomic E-state index is 0.180. The van der Waals surface area contributed by atoms with E-state index in [1.165, 1.54) is 6.33 Å². The number of urea groups is 1. The number of hydrogen-bond acceptors (Lipinski definition) is 3. The van der Waals surface area contributed by atoms with Crippen LogP contribution in [0.25, 0.3) is 0 Å². The van der Waals surface area contributed by atoms with Crippen LogP contribution in [-0.4, -0.2) is 38.7 Å². The first-order valence-corrected chi connectivity index (χ1v) is 6.27. The van der Waals surface area contributed by atoms with Crippen molar-refractivity contribution in [3.8, 4) is 0 Å². The molecule has 1 atom stereocenters. The quantitative estimate of drug-likeness (QED) is 0.627. The summed E-state index contributed by atoms with van der Waals surface area (Å²) in [5, 5.41) is 14.4. The normalized spacial score (nSPS) is 18.2. The number of rotatable bonds is 5. The van der Waals surface area contributed by atoms with Crippen LogP contribution in [0.1, 0.15) is 31.9 Å². The van der Waals surface area contributed by atoms with E-state index in [0.717, 1.165) is 19.3 Å². The molecule has 0 aliphatic heterocycles. The van der Waals surface area contributed by atoms with Crippen molar-refractivity contribution in [2.75, 3.05) is 0 Å². The Morgan fingerprint density at radius 2 is 2.32 bits per heavy atom. The van der Waals surface area contributed by atoms with Gasteiger partial charge in [0.05, 0.1) is 6.33 Å². The van der Waals surface area contributed by atoms with Crippen molar-refractivity contribution in [2.24, 2.45) is 0 Å². The molecule has 1 unspecified atom stereocenters. The number of hydrogen-bond donors (Lipinski definition) is 4. The molecule has 1 aliphatic rings. The maximum absolute atomic E-state index is 11.8. The lowest BCUT2D eigenvalue weighted by Gasteiger charge is -2.39. The first-order chi connectivity index (χ1) is 8.98. The van der Waals surface area contributed by atoms with Crippen molar-refractivity contribution >= 4 is 12.0 Å². The Balaban J connectivity index is 1.89. The molecule has 1 aliphatic carbocycles. The van der Waals surface area contributed by atoms with Crippen molar-refractivity contribution in [2.45, 2.75) is 44.2 Å². The van der Waals surface area contributed by atoms with Gasteiger partial charge in [0, 0.05) is 23.9 Å². The van der Waals surface area contributed by atoms with Crippen LogP contribution in [0.3, 0.4) is 0 Å². The number of H-pyrrole nitrogens is 1. The molecular weight excluding hydrogens is 248 g/mol. The van der Waals surface area contributed by atoms with Gasteiger partial charge >= 0.3 is 12.0 Å². The second-order valence-electron chi connectivity index (χ2n) is 5.18. The number of amides is 2. The molecule has 1 fully saturated rings. The molecule has 1 aromatic rings. The van der Waals surface area contributed by atoms with Gasteiger partial charge in [0.2, 0.25) is 0 Å². The van der Waals surface area contributed by atoms with E-state index in [9.17, 15) is 9.59 Å². The Kier molecular flexibility index (Phi) is 3.73. The van der Waals surface area contributed by atoms with Gasteiger partial charge in [0.1, 0.15) is 6.04 Å². The van der Waals surface area contributed by atoms with Crippen molar-refractivity contribution in [3.05, 3.63) is 18.2 Å². The number of carboxylic acid groups (broad SMARTS) is 1. The second kappa shape index (κ2) is 5.29. The van der Waals surface area contributed by atoms with Gasteiger partial charge in [-0.3, -0.25) is 0 Å². The molecule has 0 bridgehead atoms. The summed E-state index contributed by atoms with van der Waals surface area (Å²) >= 11 is 0. The van der Waals surface area contributed by atoms with E-state index in [4.69, 9.17) is 5.11 Å². The standard InChI is InChI=1S/C12H18N4O3/c1-12(3-2-4-12)16-11(19)15-9(10(17)18)5-8-6-13-7-14-8/h6-7,9H,2-5H2,1H3,(H,13,14)(H,17,18)(H2,15,16,19). The Morgan fingerprint density at radius 3 is 2.79 bits per heavy atom.